The second kappa shape index (κ2) is 9.04. The number of urea groups is 1. The van der Waals surface area contributed by atoms with E-state index in [-0.39, 0.29) is 11.9 Å². The maximum atomic E-state index is 12.9. The van der Waals surface area contributed by atoms with Gasteiger partial charge in [0.25, 0.3) is 5.91 Å². The fourth-order valence-electron chi connectivity index (χ4n) is 4.05. The lowest BCUT2D eigenvalue weighted by Crippen LogP contribution is -2.35. The number of hydrogen-bond acceptors (Lipinski definition) is 2. The number of anilines is 3. The maximum absolute atomic E-state index is 12.9. The molecule has 3 amide bonds. The molecule has 0 radical (unpaired) electrons. The Hall–Kier alpha value is -3.60. The van der Waals surface area contributed by atoms with Crippen molar-refractivity contribution in [2.24, 2.45) is 0 Å². The topological polar surface area (TPSA) is 61.4 Å². The van der Waals surface area contributed by atoms with Crippen molar-refractivity contribution < 1.29 is 9.59 Å². The quantitative estimate of drug-likeness (QED) is 0.559. The van der Waals surface area contributed by atoms with Crippen molar-refractivity contribution in [2.45, 2.75) is 33.1 Å². The fourth-order valence-corrected chi connectivity index (χ4v) is 4.05. The number of fused-ring (bicyclic) bond motifs is 1. The number of carbonyl (C=O) groups is 2. The molecule has 1 heterocycles. The van der Waals surface area contributed by atoms with Crippen molar-refractivity contribution in [1.82, 2.24) is 0 Å². The third-order valence-electron chi connectivity index (χ3n) is 5.48. The van der Waals surface area contributed by atoms with E-state index in [4.69, 9.17) is 0 Å². The number of aryl methyl sites for hydroxylation is 3. The van der Waals surface area contributed by atoms with E-state index < -0.39 is 0 Å². The normalized spacial score (nSPS) is 13.2. The summed E-state index contributed by atoms with van der Waals surface area (Å²) < 4.78 is 0. The molecule has 5 nitrogen and oxygen atoms in total. The molecule has 3 aromatic carbocycles. The van der Waals surface area contributed by atoms with Crippen LogP contribution in [0.15, 0.2) is 66.7 Å². The average molecular weight is 414 g/mol. The molecule has 0 aromatic heterocycles. The zero-order valence-electron chi connectivity index (χ0n) is 17.9. The minimum absolute atomic E-state index is 0.151. The molecular formula is C26H27N3O2. The number of hydrogen-bond donors (Lipinski definition) is 2. The van der Waals surface area contributed by atoms with Gasteiger partial charge in [-0.25, -0.2) is 4.79 Å². The predicted molar refractivity (Wildman–Crippen MR) is 126 cm³/mol. The van der Waals surface area contributed by atoms with Crippen LogP contribution in [0.3, 0.4) is 0 Å². The number of benzene rings is 3. The van der Waals surface area contributed by atoms with Gasteiger partial charge in [-0.15, -0.1) is 0 Å². The number of nitrogens with zero attached hydrogens (tertiary/aromatic N) is 1. The first kappa shape index (κ1) is 20.7. The summed E-state index contributed by atoms with van der Waals surface area (Å²) in [5.41, 5.74) is 6.36. The first-order valence-electron chi connectivity index (χ1n) is 10.7. The Morgan fingerprint density at radius 3 is 2.26 bits per heavy atom. The van der Waals surface area contributed by atoms with Crippen LogP contribution in [-0.4, -0.2) is 18.5 Å². The average Bonchev–Trinajstić information content (AvgIpc) is 2.96. The molecule has 0 bridgehead atoms. The molecular weight excluding hydrogens is 386 g/mol. The molecule has 158 valence electrons. The lowest BCUT2D eigenvalue weighted by Gasteiger charge is -2.23. The van der Waals surface area contributed by atoms with Gasteiger partial charge in [-0.2, -0.15) is 0 Å². The Kier molecular flexibility index (Phi) is 6.03. The van der Waals surface area contributed by atoms with Gasteiger partial charge >= 0.3 is 6.03 Å². The van der Waals surface area contributed by atoms with Crippen LogP contribution < -0.4 is 15.5 Å². The van der Waals surface area contributed by atoms with E-state index >= 15 is 0 Å². The molecule has 1 aliphatic rings. The molecule has 4 rings (SSSR count). The van der Waals surface area contributed by atoms with E-state index in [2.05, 4.69) is 22.8 Å². The molecule has 0 saturated heterocycles. The Balaban J connectivity index is 1.44. The Morgan fingerprint density at radius 1 is 0.806 bits per heavy atom. The minimum Gasteiger partial charge on any atom is -0.322 e. The van der Waals surface area contributed by atoms with Crippen LogP contribution in [0, 0.1) is 13.8 Å². The van der Waals surface area contributed by atoms with Crippen LogP contribution in [0.5, 0.6) is 0 Å². The van der Waals surface area contributed by atoms with Gasteiger partial charge in [-0.05, 0) is 92.3 Å². The van der Waals surface area contributed by atoms with Crippen molar-refractivity contribution in [3.8, 4) is 0 Å². The van der Waals surface area contributed by atoms with Gasteiger partial charge in [-0.3, -0.25) is 9.69 Å². The molecule has 3 aromatic rings. The molecule has 0 atom stereocenters. The minimum atomic E-state index is -0.177. The summed E-state index contributed by atoms with van der Waals surface area (Å²) in [5, 5.41) is 5.90. The van der Waals surface area contributed by atoms with E-state index in [9.17, 15) is 9.59 Å². The summed E-state index contributed by atoms with van der Waals surface area (Å²) in [7, 11) is 0. The highest BCUT2D eigenvalue weighted by Crippen LogP contribution is 2.27. The zero-order chi connectivity index (χ0) is 21.8. The van der Waals surface area contributed by atoms with E-state index in [0.717, 1.165) is 41.8 Å². The third-order valence-corrected chi connectivity index (χ3v) is 5.48. The van der Waals surface area contributed by atoms with Crippen LogP contribution in [0.2, 0.25) is 0 Å². The second-order valence-electron chi connectivity index (χ2n) is 8.08. The van der Waals surface area contributed by atoms with Crippen molar-refractivity contribution in [3.63, 3.8) is 0 Å². The Labute approximate surface area is 183 Å². The van der Waals surface area contributed by atoms with Gasteiger partial charge < -0.3 is 10.6 Å². The van der Waals surface area contributed by atoms with Crippen LogP contribution >= 0.6 is 0 Å². The zero-order valence-corrected chi connectivity index (χ0v) is 17.9. The van der Waals surface area contributed by atoms with E-state index in [1.165, 1.54) is 5.56 Å². The lowest BCUT2D eigenvalue weighted by atomic mass is 10.1. The second-order valence-corrected chi connectivity index (χ2v) is 8.08. The molecule has 0 fully saturated rings. The van der Waals surface area contributed by atoms with E-state index in [0.29, 0.717) is 17.8 Å². The first-order valence-corrected chi connectivity index (χ1v) is 10.7. The number of rotatable bonds is 3. The van der Waals surface area contributed by atoms with Crippen LogP contribution in [0.4, 0.5) is 21.9 Å². The summed E-state index contributed by atoms with van der Waals surface area (Å²) >= 11 is 0. The van der Waals surface area contributed by atoms with Gasteiger partial charge in [0.15, 0.2) is 0 Å². The molecule has 2 N–H and O–H groups in total. The largest absolute Gasteiger partial charge is 0.326 e. The monoisotopic (exact) mass is 413 g/mol. The predicted octanol–water partition coefficient (Wildman–Crippen LogP) is 5.93. The van der Waals surface area contributed by atoms with Gasteiger partial charge in [0.05, 0.1) is 0 Å². The summed E-state index contributed by atoms with van der Waals surface area (Å²) in [6, 6.07) is 20.8. The summed E-state index contributed by atoms with van der Waals surface area (Å²) in [6.45, 7) is 4.70. The van der Waals surface area contributed by atoms with Crippen molar-refractivity contribution in [3.05, 3.63) is 89.0 Å². The number of carbonyl (C=O) groups excluding carboxylic acids is 2. The highest BCUT2D eigenvalue weighted by Gasteiger charge is 2.21. The highest BCUT2D eigenvalue weighted by atomic mass is 16.2. The van der Waals surface area contributed by atoms with Gasteiger partial charge in [0, 0.05) is 29.2 Å². The van der Waals surface area contributed by atoms with Crippen LogP contribution in [-0.2, 0) is 6.42 Å². The van der Waals surface area contributed by atoms with Crippen molar-refractivity contribution in [1.29, 1.82) is 0 Å². The molecule has 0 saturated carbocycles. The number of nitrogens with one attached hydrogen (secondary N) is 2. The Morgan fingerprint density at radius 2 is 1.52 bits per heavy atom. The fraction of sp³-hybridized carbons (Fsp3) is 0.231. The van der Waals surface area contributed by atoms with E-state index in [1.807, 2.05) is 49.1 Å². The molecule has 31 heavy (non-hydrogen) atoms. The molecule has 0 unspecified atom stereocenters. The van der Waals surface area contributed by atoms with Crippen LogP contribution in [0.1, 0.15) is 39.9 Å². The molecule has 1 aliphatic heterocycles. The van der Waals surface area contributed by atoms with Gasteiger partial charge in [0.1, 0.15) is 0 Å². The summed E-state index contributed by atoms with van der Waals surface area (Å²) in [6.07, 6.45) is 3.04. The van der Waals surface area contributed by atoms with Crippen LogP contribution in [0.25, 0.3) is 0 Å². The Bertz CT molecular complexity index is 1090. The number of para-hydroxylation sites is 1. The molecule has 5 heteroatoms. The standard InChI is InChI=1S/C26H27N3O2/c1-18-15-19(2)17-23(16-18)27-25(30)21-10-12-22(13-11-21)28-26(31)29-14-6-5-8-20-7-3-4-9-24(20)29/h3-4,7,9-13,15-17H,5-6,8,14H2,1-2H3,(H,27,30)(H,28,31). The maximum Gasteiger partial charge on any atom is 0.326 e. The lowest BCUT2D eigenvalue weighted by molar-refractivity contribution is 0.102. The molecule has 0 aliphatic carbocycles. The van der Waals surface area contributed by atoms with Gasteiger partial charge in [0.2, 0.25) is 0 Å². The SMILES string of the molecule is Cc1cc(C)cc(NC(=O)c2ccc(NC(=O)N3CCCCc4ccccc43)cc2)c1. The summed E-state index contributed by atoms with van der Waals surface area (Å²) in [4.78, 5) is 27.3. The van der Waals surface area contributed by atoms with Crippen molar-refractivity contribution >= 4 is 29.0 Å². The van der Waals surface area contributed by atoms with E-state index in [1.54, 1.807) is 24.3 Å². The first-order chi connectivity index (χ1) is 15.0. The third kappa shape index (κ3) is 4.94. The van der Waals surface area contributed by atoms with Crippen molar-refractivity contribution in [2.75, 3.05) is 22.1 Å². The number of amides is 3. The highest BCUT2D eigenvalue weighted by molar-refractivity contribution is 6.05. The summed E-state index contributed by atoms with van der Waals surface area (Å²) in [5.74, 6) is -0.177. The molecule has 0 spiro atoms. The smallest absolute Gasteiger partial charge is 0.322 e. The van der Waals surface area contributed by atoms with Gasteiger partial charge in [-0.1, -0.05) is 24.3 Å².